The maximum atomic E-state index is 8.66. The monoisotopic (exact) mass is 236 g/mol. The van der Waals surface area contributed by atoms with Crippen LogP contribution >= 0.6 is 26.3 Å². The SMILES string of the molecule is O=P([O-])([O-])O.OP(O)O.P.[Mg+2]. The Morgan fingerprint density at radius 2 is 1.18 bits per heavy atom. The van der Waals surface area contributed by atoms with Crippen LogP contribution in [0.2, 0.25) is 0 Å². The van der Waals surface area contributed by atoms with Gasteiger partial charge in [0.15, 0.2) is 0 Å². The van der Waals surface area contributed by atoms with Crippen molar-refractivity contribution in [2.45, 2.75) is 0 Å². The molecule has 1 atom stereocenters. The molecule has 4 N–H and O–H groups in total. The van der Waals surface area contributed by atoms with Gasteiger partial charge in [-0.3, -0.25) is 0 Å². The molecular formula is H7MgO7P3. The van der Waals surface area contributed by atoms with Gasteiger partial charge in [0.05, 0.1) is 7.82 Å². The molecule has 0 saturated heterocycles. The summed E-state index contributed by atoms with van der Waals surface area (Å²) in [5.74, 6) is 0. The van der Waals surface area contributed by atoms with Gasteiger partial charge in [-0.1, -0.05) is 0 Å². The summed E-state index contributed by atoms with van der Waals surface area (Å²) < 4.78 is 8.66. The van der Waals surface area contributed by atoms with Gasteiger partial charge in [0.2, 0.25) is 0 Å². The molecule has 0 aliphatic heterocycles. The zero-order chi connectivity index (χ0) is 8.08. The number of rotatable bonds is 0. The van der Waals surface area contributed by atoms with Crippen LogP contribution in [0.3, 0.4) is 0 Å². The van der Waals surface area contributed by atoms with Crippen LogP contribution in [-0.2, 0) is 4.57 Å². The maximum Gasteiger partial charge on any atom is 2.00 e. The predicted octanol–water partition coefficient (Wildman–Crippen LogP) is -3.33. The minimum absolute atomic E-state index is 0. The molecule has 11 heteroatoms. The van der Waals surface area contributed by atoms with E-state index in [1.54, 1.807) is 0 Å². The predicted molar refractivity (Wildman–Crippen MR) is 40.3 cm³/mol. The first kappa shape index (κ1) is 22.9. The second-order valence-corrected chi connectivity index (χ2v) is 2.21. The van der Waals surface area contributed by atoms with E-state index < -0.39 is 16.4 Å². The first-order valence-corrected chi connectivity index (χ1v) is 4.04. The standard InChI is InChI=1S/Mg.H3O4P.H3O3P.H3P/c;1-5(2,3)4;1-4(2)3;/h;(H3,1,2,3,4);1-3H;1H3/q+2;;;/p-2. The molecule has 11 heavy (non-hydrogen) atoms. The number of hydrogen-bond donors (Lipinski definition) is 4. The Hall–Kier alpha value is 1.62. The maximum absolute atomic E-state index is 8.66. The van der Waals surface area contributed by atoms with Crippen molar-refractivity contribution in [2.24, 2.45) is 0 Å². The van der Waals surface area contributed by atoms with E-state index in [1.165, 1.54) is 0 Å². The van der Waals surface area contributed by atoms with Crippen LogP contribution in [-0.4, -0.2) is 42.6 Å². The smallest absolute Gasteiger partial charge is 0.790 e. The third-order valence-electron chi connectivity index (χ3n) is 0. The van der Waals surface area contributed by atoms with Crippen molar-refractivity contribution in [3.8, 4) is 0 Å². The topological polar surface area (TPSA) is 144 Å². The third-order valence-corrected chi connectivity index (χ3v) is 0. The van der Waals surface area contributed by atoms with E-state index in [-0.39, 0.29) is 33.0 Å². The molecule has 0 aromatic carbocycles. The van der Waals surface area contributed by atoms with E-state index in [0.717, 1.165) is 0 Å². The van der Waals surface area contributed by atoms with Crippen LogP contribution in [0.15, 0.2) is 0 Å². The van der Waals surface area contributed by atoms with Crippen molar-refractivity contribution < 1.29 is 33.9 Å². The Balaban J connectivity index is -0.0000000383. The molecule has 7 nitrogen and oxygen atoms in total. The fraction of sp³-hybridized carbons (Fsp3) is 0. The van der Waals surface area contributed by atoms with Gasteiger partial charge in [0.1, 0.15) is 0 Å². The molecule has 0 rings (SSSR count). The molecule has 0 bridgehead atoms. The Morgan fingerprint density at radius 3 is 1.18 bits per heavy atom. The van der Waals surface area contributed by atoms with Crippen molar-refractivity contribution >= 4 is 49.4 Å². The molecule has 0 aliphatic rings. The molecule has 1 unspecified atom stereocenters. The van der Waals surface area contributed by atoms with Crippen LogP contribution < -0.4 is 9.79 Å². The van der Waals surface area contributed by atoms with Crippen molar-refractivity contribution in [1.29, 1.82) is 0 Å². The van der Waals surface area contributed by atoms with Crippen LogP contribution in [0.4, 0.5) is 0 Å². The van der Waals surface area contributed by atoms with Crippen molar-refractivity contribution in [2.75, 3.05) is 0 Å². The molecule has 0 aromatic rings. The van der Waals surface area contributed by atoms with Crippen molar-refractivity contribution in [3.63, 3.8) is 0 Å². The summed E-state index contributed by atoms with van der Waals surface area (Å²) in [7, 11) is -7.76. The van der Waals surface area contributed by atoms with E-state index in [0.29, 0.717) is 0 Å². The molecule has 0 radical (unpaired) electrons. The van der Waals surface area contributed by atoms with Crippen molar-refractivity contribution in [1.82, 2.24) is 0 Å². The minimum Gasteiger partial charge on any atom is -0.790 e. The third kappa shape index (κ3) is 411. The van der Waals surface area contributed by atoms with Gasteiger partial charge in [-0.15, -0.1) is 0 Å². The number of phosphoric acid groups is 1. The van der Waals surface area contributed by atoms with Crippen LogP contribution in [0.5, 0.6) is 0 Å². The quantitative estimate of drug-likeness (QED) is 0.254. The Kier molecular flexibility index (Phi) is 24.2. The molecule has 0 fully saturated rings. The summed E-state index contributed by atoms with van der Waals surface area (Å²) in [6, 6.07) is 0. The zero-order valence-corrected chi connectivity index (χ0v) is 9.94. The Labute approximate surface area is 83.5 Å². The van der Waals surface area contributed by atoms with Crippen LogP contribution in [0, 0.1) is 0 Å². The molecule has 0 amide bonds. The molecule has 0 heterocycles. The van der Waals surface area contributed by atoms with Crippen LogP contribution in [0.25, 0.3) is 0 Å². The van der Waals surface area contributed by atoms with Gasteiger partial charge in [-0.2, -0.15) is 9.90 Å². The van der Waals surface area contributed by atoms with E-state index in [9.17, 15) is 0 Å². The van der Waals surface area contributed by atoms with E-state index in [2.05, 4.69) is 0 Å². The summed E-state index contributed by atoms with van der Waals surface area (Å²) in [6.07, 6.45) is 0. The van der Waals surface area contributed by atoms with Crippen molar-refractivity contribution in [3.05, 3.63) is 0 Å². The normalized spacial score (nSPS) is 8.64. The first-order chi connectivity index (χ1) is 3.73. The summed E-state index contributed by atoms with van der Waals surface area (Å²) in [4.78, 5) is 46.0. The molecule has 0 aromatic heterocycles. The Morgan fingerprint density at radius 1 is 1.18 bits per heavy atom. The van der Waals surface area contributed by atoms with Crippen LogP contribution in [0.1, 0.15) is 0 Å². The Bertz CT molecular complexity index is 84.8. The van der Waals surface area contributed by atoms with E-state index in [4.69, 9.17) is 33.9 Å². The minimum atomic E-state index is -5.14. The molecule has 66 valence electrons. The fourth-order valence-corrected chi connectivity index (χ4v) is 0. The largest absolute Gasteiger partial charge is 2.00 e. The average Bonchev–Trinajstić information content (AvgIpc) is 1.19. The number of hydrogen-bond acceptors (Lipinski definition) is 6. The van der Waals surface area contributed by atoms with Gasteiger partial charge in [-0.05, 0) is 0 Å². The van der Waals surface area contributed by atoms with E-state index in [1.807, 2.05) is 0 Å². The summed E-state index contributed by atoms with van der Waals surface area (Å²) >= 11 is 0. The van der Waals surface area contributed by atoms with Gasteiger partial charge in [-0.25, -0.2) is 0 Å². The summed E-state index contributed by atoms with van der Waals surface area (Å²) in [5.41, 5.74) is 0. The van der Waals surface area contributed by atoms with Gasteiger partial charge < -0.3 is 33.9 Å². The zero-order valence-electron chi connectivity index (χ0n) is 5.32. The molecule has 0 aliphatic carbocycles. The summed E-state index contributed by atoms with van der Waals surface area (Å²) in [5, 5.41) is 0. The molecule has 0 saturated carbocycles. The average molecular weight is 236 g/mol. The van der Waals surface area contributed by atoms with Gasteiger partial charge >= 0.3 is 31.7 Å². The van der Waals surface area contributed by atoms with E-state index >= 15 is 0 Å². The fourth-order valence-electron chi connectivity index (χ4n) is 0. The van der Waals surface area contributed by atoms with Gasteiger partial charge in [0, 0.05) is 0 Å². The van der Waals surface area contributed by atoms with Gasteiger partial charge in [0.25, 0.3) is 0 Å². The summed E-state index contributed by atoms with van der Waals surface area (Å²) in [6.45, 7) is 0. The second kappa shape index (κ2) is 11.6. The first-order valence-electron chi connectivity index (χ1n) is 1.35. The molecule has 0 spiro atoms. The molecular weight excluding hydrogens is 229 g/mol. The second-order valence-electron chi connectivity index (χ2n) is 0.737.